The van der Waals surface area contributed by atoms with E-state index in [4.69, 9.17) is 0 Å². The second-order valence-corrected chi connectivity index (χ2v) is 4.49. The van der Waals surface area contributed by atoms with Gasteiger partial charge in [-0.1, -0.05) is 23.5 Å². The normalized spacial score (nSPS) is 11.6. The maximum absolute atomic E-state index is 4.39. The van der Waals surface area contributed by atoms with Gasteiger partial charge in [-0.3, -0.25) is 4.98 Å². The summed E-state index contributed by atoms with van der Waals surface area (Å²) in [5, 5.41) is 13.3. The molecule has 84 valence electrons. The van der Waals surface area contributed by atoms with Gasteiger partial charge in [0.2, 0.25) is 4.96 Å². The van der Waals surface area contributed by atoms with Gasteiger partial charge in [-0.15, -0.1) is 10.2 Å². The lowest BCUT2D eigenvalue weighted by molar-refractivity contribution is 0.890. The van der Waals surface area contributed by atoms with Crippen LogP contribution in [-0.2, 0) is 0 Å². The minimum absolute atomic E-state index is 0.803. The van der Waals surface area contributed by atoms with E-state index in [0.29, 0.717) is 0 Å². The molecule has 0 bridgehead atoms. The summed E-state index contributed by atoms with van der Waals surface area (Å²) in [6, 6.07) is 3.90. The monoisotopic (exact) mass is 243 g/mol. The van der Waals surface area contributed by atoms with Crippen molar-refractivity contribution in [3.8, 4) is 0 Å². The Morgan fingerprint density at radius 2 is 2.24 bits per heavy atom. The van der Waals surface area contributed by atoms with E-state index in [0.717, 1.165) is 21.4 Å². The molecule has 17 heavy (non-hydrogen) atoms. The molecule has 0 atom stereocenters. The van der Waals surface area contributed by atoms with E-state index in [9.17, 15) is 0 Å². The van der Waals surface area contributed by atoms with E-state index in [1.165, 1.54) is 11.3 Å². The van der Waals surface area contributed by atoms with Crippen molar-refractivity contribution in [2.45, 2.75) is 6.92 Å². The van der Waals surface area contributed by atoms with Crippen molar-refractivity contribution in [3.63, 3.8) is 0 Å². The summed E-state index contributed by atoms with van der Waals surface area (Å²) in [5.74, 6) is 0.803. The van der Waals surface area contributed by atoms with Gasteiger partial charge in [-0.05, 0) is 24.6 Å². The van der Waals surface area contributed by atoms with Gasteiger partial charge in [0.15, 0.2) is 5.82 Å². The maximum atomic E-state index is 4.39. The van der Waals surface area contributed by atoms with Crippen LogP contribution in [0.25, 0.3) is 17.1 Å². The standard InChI is InChI=1S/C11H9N5S/c1-8-13-14-11-16(8)15-10(17-11)5-4-9-3-2-6-12-7-9/h2-7H,1H3. The van der Waals surface area contributed by atoms with E-state index in [1.807, 2.05) is 37.4 Å². The van der Waals surface area contributed by atoms with Crippen LogP contribution in [0, 0.1) is 6.92 Å². The van der Waals surface area contributed by atoms with Crippen LogP contribution in [0.2, 0.25) is 0 Å². The Labute approximate surface area is 101 Å². The highest BCUT2D eigenvalue weighted by Gasteiger charge is 2.05. The van der Waals surface area contributed by atoms with E-state index >= 15 is 0 Å². The zero-order chi connectivity index (χ0) is 11.7. The number of hydrogen-bond acceptors (Lipinski definition) is 5. The van der Waals surface area contributed by atoms with E-state index in [2.05, 4.69) is 20.3 Å². The van der Waals surface area contributed by atoms with Gasteiger partial charge in [0.25, 0.3) is 0 Å². The fourth-order valence-corrected chi connectivity index (χ4v) is 2.23. The SMILES string of the molecule is Cc1nnc2sc(C=Cc3cccnc3)nn12. The van der Waals surface area contributed by atoms with Crippen LogP contribution in [0.4, 0.5) is 0 Å². The number of aromatic nitrogens is 5. The van der Waals surface area contributed by atoms with Crippen molar-refractivity contribution in [3.05, 3.63) is 40.9 Å². The second-order valence-electron chi connectivity index (χ2n) is 3.50. The molecule has 0 aliphatic heterocycles. The highest BCUT2D eigenvalue weighted by Crippen LogP contribution is 2.16. The van der Waals surface area contributed by atoms with Crippen LogP contribution in [0.5, 0.6) is 0 Å². The van der Waals surface area contributed by atoms with Gasteiger partial charge in [0.1, 0.15) is 5.01 Å². The average molecular weight is 243 g/mol. The summed E-state index contributed by atoms with van der Waals surface area (Å²) in [4.78, 5) is 4.86. The summed E-state index contributed by atoms with van der Waals surface area (Å²) in [7, 11) is 0. The molecule has 3 rings (SSSR count). The van der Waals surface area contributed by atoms with Crippen molar-refractivity contribution in [2.75, 3.05) is 0 Å². The molecule has 0 spiro atoms. The largest absolute Gasteiger partial charge is 0.264 e. The Balaban J connectivity index is 1.92. The summed E-state index contributed by atoms with van der Waals surface area (Å²) >= 11 is 1.51. The molecule has 0 unspecified atom stereocenters. The Bertz CT molecular complexity index is 668. The summed E-state index contributed by atoms with van der Waals surface area (Å²) < 4.78 is 1.74. The van der Waals surface area contributed by atoms with Crippen LogP contribution >= 0.6 is 11.3 Å². The molecule has 0 saturated carbocycles. The Kier molecular flexibility index (Phi) is 2.41. The minimum atomic E-state index is 0.803. The predicted molar refractivity (Wildman–Crippen MR) is 66.6 cm³/mol. The molecular weight excluding hydrogens is 234 g/mol. The van der Waals surface area contributed by atoms with E-state index < -0.39 is 0 Å². The Hall–Kier alpha value is -2.08. The zero-order valence-corrected chi connectivity index (χ0v) is 9.92. The third kappa shape index (κ3) is 1.94. The topological polar surface area (TPSA) is 56.0 Å². The highest BCUT2D eigenvalue weighted by molar-refractivity contribution is 7.17. The number of hydrogen-bond donors (Lipinski definition) is 0. The van der Waals surface area contributed by atoms with Crippen molar-refractivity contribution < 1.29 is 0 Å². The van der Waals surface area contributed by atoms with Gasteiger partial charge >= 0.3 is 0 Å². The molecule has 0 N–H and O–H groups in total. The number of aryl methyl sites for hydroxylation is 1. The third-order valence-electron chi connectivity index (χ3n) is 2.27. The first-order chi connectivity index (χ1) is 8.33. The lowest BCUT2D eigenvalue weighted by Gasteiger charge is -1.88. The molecule has 0 radical (unpaired) electrons. The molecule has 5 nitrogen and oxygen atoms in total. The smallest absolute Gasteiger partial charge is 0.234 e. The molecule has 3 aromatic rings. The highest BCUT2D eigenvalue weighted by atomic mass is 32.1. The van der Waals surface area contributed by atoms with Gasteiger partial charge in [-0.2, -0.15) is 9.61 Å². The van der Waals surface area contributed by atoms with Crippen LogP contribution in [0.1, 0.15) is 16.4 Å². The molecular formula is C11H9N5S. The first kappa shape index (κ1) is 10.1. The summed E-state index contributed by atoms with van der Waals surface area (Å²) in [6.07, 6.45) is 7.50. The first-order valence-corrected chi connectivity index (χ1v) is 5.91. The summed E-state index contributed by atoms with van der Waals surface area (Å²) in [6.45, 7) is 1.88. The third-order valence-corrected chi connectivity index (χ3v) is 3.13. The van der Waals surface area contributed by atoms with E-state index in [-0.39, 0.29) is 0 Å². The lowest BCUT2D eigenvalue weighted by atomic mass is 10.3. The number of nitrogens with zero attached hydrogens (tertiary/aromatic N) is 5. The minimum Gasteiger partial charge on any atom is -0.264 e. The van der Waals surface area contributed by atoms with Crippen molar-refractivity contribution in [2.24, 2.45) is 0 Å². The van der Waals surface area contributed by atoms with Crippen LogP contribution in [-0.4, -0.2) is 24.8 Å². The van der Waals surface area contributed by atoms with E-state index in [1.54, 1.807) is 10.7 Å². The molecule has 6 heteroatoms. The van der Waals surface area contributed by atoms with Crippen LogP contribution in [0.15, 0.2) is 24.5 Å². The molecule has 0 amide bonds. The van der Waals surface area contributed by atoms with Crippen LogP contribution in [0.3, 0.4) is 0 Å². The molecule has 3 heterocycles. The van der Waals surface area contributed by atoms with Crippen LogP contribution < -0.4 is 0 Å². The zero-order valence-electron chi connectivity index (χ0n) is 9.11. The summed E-state index contributed by atoms with van der Waals surface area (Å²) in [5.41, 5.74) is 1.05. The maximum Gasteiger partial charge on any atom is 0.234 e. The van der Waals surface area contributed by atoms with Gasteiger partial charge in [0, 0.05) is 12.4 Å². The Morgan fingerprint density at radius 1 is 1.29 bits per heavy atom. The molecule has 0 aliphatic carbocycles. The van der Waals surface area contributed by atoms with Crippen molar-refractivity contribution >= 4 is 28.4 Å². The fraction of sp³-hybridized carbons (Fsp3) is 0.0909. The molecule has 0 fully saturated rings. The van der Waals surface area contributed by atoms with Gasteiger partial charge in [0.05, 0.1) is 0 Å². The Morgan fingerprint density at radius 3 is 3.00 bits per heavy atom. The number of rotatable bonds is 2. The number of fused-ring (bicyclic) bond motifs is 1. The van der Waals surface area contributed by atoms with Gasteiger partial charge in [-0.25, -0.2) is 0 Å². The van der Waals surface area contributed by atoms with Gasteiger partial charge < -0.3 is 0 Å². The molecule has 0 aromatic carbocycles. The second kappa shape index (κ2) is 4.06. The molecule has 3 aromatic heterocycles. The predicted octanol–water partition coefficient (Wildman–Crippen LogP) is 2.06. The lowest BCUT2D eigenvalue weighted by Crippen LogP contribution is -1.87. The molecule has 0 aliphatic rings. The quantitative estimate of drug-likeness (QED) is 0.691. The van der Waals surface area contributed by atoms with Crippen molar-refractivity contribution in [1.82, 2.24) is 24.8 Å². The average Bonchev–Trinajstić information content (AvgIpc) is 2.91. The first-order valence-electron chi connectivity index (χ1n) is 5.10. The fourth-order valence-electron chi connectivity index (χ4n) is 1.44. The van der Waals surface area contributed by atoms with Crippen molar-refractivity contribution in [1.29, 1.82) is 0 Å². The molecule has 0 saturated heterocycles. The number of pyridine rings is 1.